The number of likely N-dealkylation sites (tertiary alicyclic amines) is 1. The average molecular weight is 314 g/mol. The first-order valence-electron chi connectivity index (χ1n) is 8.94. The van der Waals surface area contributed by atoms with Crippen molar-refractivity contribution >= 4 is 5.91 Å². The molecule has 3 aliphatic heterocycles. The molecule has 1 amide bonds. The van der Waals surface area contributed by atoms with Gasteiger partial charge in [0.05, 0.1) is 11.5 Å². The number of benzene rings is 1. The number of nitrogens with zero attached hydrogens (tertiary/aromatic N) is 1. The van der Waals surface area contributed by atoms with Gasteiger partial charge in [0.1, 0.15) is 0 Å². The Bertz CT molecular complexity index is 546. The molecule has 3 fully saturated rings. The number of rotatable bonds is 3. The molecule has 1 N–H and O–H groups in total. The molecule has 0 aromatic heterocycles. The molecule has 1 atom stereocenters. The van der Waals surface area contributed by atoms with Crippen LogP contribution in [0.4, 0.5) is 0 Å². The van der Waals surface area contributed by atoms with Gasteiger partial charge >= 0.3 is 0 Å². The maximum absolute atomic E-state index is 12.3. The van der Waals surface area contributed by atoms with Crippen molar-refractivity contribution in [2.45, 2.75) is 31.7 Å². The summed E-state index contributed by atoms with van der Waals surface area (Å²) in [5.74, 6) is 1.04. The van der Waals surface area contributed by atoms with Crippen molar-refractivity contribution in [1.82, 2.24) is 10.2 Å². The molecule has 0 radical (unpaired) electrons. The summed E-state index contributed by atoms with van der Waals surface area (Å²) < 4.78 is 5.45. The van der Waals surface area contributed by atoms with Crippen molar-refractivity contribution in [3.8, 4) is 0 Å². The Kier molecular flexibility index (Phi) is 4.12. The highest BCUT2D eigenvalue weighted by Gasteiger charge is 2.56. The van der Waals surface area contributed by atoms with Crippen LogP contribution in [0.1, 0.15) is 37.3 Å². The Labute approximate surface area is 138 Å². The molecule has 0 unspecified atom stereocenters. The van der Waals surface area contributed by atoms with E-state index in [2.05, 4.69) is 34.5 Å². The third kappa shape index (κ3) is 2.79. The highest BCUT2D eigenvalue weighted by atomic mass is 16.5. The molecule has 3 aliphatic rings. The first kappa shape index (κ1) is 15.2. The molecule has 3 heterocycles. The Hall–Kier alpha value is -1.39. The largest absolute Gasteiger partial charge is 0.381 e. The van der Waals surface area contributed by atoms with E-state index >= 15 is 0 Å². The zero-order chi connectivity index (χ0) is 15.7. The van der Waals surface area contributed by atoms with E-state index in [1.165, 1.54) is 24.9 Å². The van der Waals surface area contributed by atoms with E-state index in [-0.39, 0.29) is 17.4 Å². The number of carbonyl (C=O) groups is 1. The number of nitrogens with one attached hydrogen (secondary N) is 1. The molecule has 0 bridgehead atoms. The first-order valence-corrected chi connectivity index (χ1v) is 8.94. The lowest BCUT2D eigenvalue weighted by molar-refractivity contribution is -0.151. The van der Waals surface area contributed by atoms with Crippen molar-refractivity contribution in [3.63, 3.8) is 0 Å². The van der Waals surface area contributed by atoms with Gasteiger partial charge in [-0.25, -0.2) is 0 Å². The second-order valence-corrected chi connectivity index (χ2v) is 7.33. The lowest BCUT2D eigenvalue weighted by Gasteiger charge is -2.53. The summed E-state index contributed by atoms with van der Waals surface area (Å²) in [7, 11) is 0. The summed E-state index contributed by atoms with van der Waals surface area (Å²) in [6.07, 6.45) is 4.35. The lowest BCUT2D eigenvalue weighted by atomic mass is 9.64. The van der Waals surface area contributed by atoms with Crippen LogP contribution in [-0.4, -0.2) is 43.7 Å². The smallest absolute Gasteiger partial charge is 0.229 e. The fraction of sp³-hybridized carbons (Fsp3) is 0.632. The number of amides is 1. The van der Waals surface area contributed by atoms with E-state index in [0.717, 1.165) is 45.1 Å². The molecule has 3 saturated heterocycles. The fourth-order valence-electron chi connectivity index (χ4n) is 4.46. The highest BCUT2D eigenvalue weighted by Crippen LogP contribution is 2.49. The van der Waals surface area contributed by atoms with Crippen LogP contribution in [0.5, 0.6) is 0 Å². The van der Waals surface area contributed by atoms with Crippen molar-refractivity contribution in [1.29, 1.82) is 0 Å². The second-order valence-electron chi connectivity index (χ2n) is 7.33. The Morgan fingerprint density at radius 1 is 1.13 bits per heavy atom. The number of β-lactam (4-membered cyclic amide) rings is 1. The van der Waals surface area contributed by atoms with Crippen LogP contribution in [0.2, 0.25) is 0 Å². The minimum absolute atomic E-state index is 0.159. The summed E-state index contributed by atoms with van der Waals surface area (Å²) in [6, 6.07) is 10.6. The predicted octanol–water partition coefficient (Wildman–Crippen LogP) is 2.37. The van der Waals surface area contributed by atoms with Crippen molar-refractivity contribution in [2.75, 3.05) is 32.8 Å². The van der Waals surface area contributed by atoms with Gasteiger partial charge in [-0.05, 0) is 50.3 Å². The van der Waals surface area contributed by atoms with Gasteiger partial charge in [-0.3, -0.25) is 4.79 Å². The first-order chi connectivity index (χ1) is 11.3. The van der Waals surface area contributed by atoms with Gasteiger partial charge in [0.25, 0.3) is 0 Å². The van der Waals surface area contributed by atoms with Gasteiger partial charge in [-0.1, -0.05) is 30.3 Å². The predicted molar refractivity (Wildman–Crippen MR) is 89.0 cm³/mol. The van der Waals surface area contributed by atoms with Crippen LogP contribution in [0.25, 0.3) is 0 Å². The third-order valence-corrected chi connectivity index (χ3v) is 6.02. The minimum atomic E-state index is -0.159. The van der Waals surface area contributed by atoms with Crippen LogP contribution in [-0.2, 0) is 9.53 Å². The van der Waals surface area contributed by atoms with Crippen LogP contribution in [0.3, 0.4) is 0 Å². The van der Waals surface area contributed by atoms with E-state index in [9.17, 15) is 4.79 Å². The normalized spacial score (nSPS) is 28.3. The molecular weight excluding hydrogens is 288 g/mol. The molecule has 23 heavy (non-hydrogen) atoms. The van der Waals surface area contributed by atoms with E-state index in [0.29, 0.717) is 0 Å². The summed E-state index contributed by atoms with van der Waals surface area (Å²) >= 11 is 0. The van der Waals surface area contributed by atoms with Gasteiger partial charge in [-0.2, -0.15) is 0 Å². The second kappa shape index (κ2) is 6.25. The monoisotopic (exact) mass is 314 g/mol. The average Bonchev–Trinajstić information content (AvgIpc) is 2.62. The molecule has 4 heteroatoms. The molecular formula is C19H26N2O2. The zero-order valence-corrected chi connectivity index (χ0v) is 13.7. The van der Waals surface area contributed by atoms with Crippen molar-refractivity contribution in [2.24, 2.45) is 11.3 Å². The van der Waals surface area contributed by atoms with Gasteiger partial charge in [0, 0.05) is 19.8 Å². The fourth-order valence-corrected chi connectivity index (χ4v) is 4.46. The number of hydrogen-bond donors (Lipinski definition) is 1. The Morgan fingerprint density at radius 2 is 1.83 bits per heavy atom. The quantitative estimate of drug-likeness (QED) is 0.871. The van der Waals surface area contributed by atoms with E-state index in [4.69, 9.17) is 4.74 Å². The molecule has 4 rings (SSSR count). The maximum Gasteiger partial charge on any atom is 0.229 e. The standard InChI is InChI=1S/C19H26N2O2/c22-18-19(17(20-18)16-4-2-1-3-5-16)8-10-21(11-9-19)14-15-6-12-23-13-7-15/h1-5,15,17H,6-14H2,(H,20,22)/t17-/m1/s1. The van der Waals surface area contributed by atoms with Crippen molar-refractivity contribution < 1.29 is 9.53 Å². The van der Waals surface area contributed by atoms with Gasteiger partial charge in [0.2, 0.25) is 5.91 Å². The van der Waals surface area contributed by atoms with E-state index < -0.39 is 0 Å². The Morgan fingerprint density at radius 3 is 2.48 bits per heavy atom. The lowest BCUT2D eigenvalue weighted by Crippen LogP contribution is -2.64. The highest BCUT2D eigenvalue weighted by molar-refractivity contribution is 5.90. The van der Waals surface area contributed by atoms with E-state index in [1.807, 2.05) is 6.07 Å². The van der Waals surface area contributed by atoms with Crippen molar-refractivity contribution in [3.05, 3.63) is 35.9 Å². The molecule has 1 aromatic rings. The van der Waals surface area contributed by atoms with Gasteiger partial charge < -0.3 is 15.0 Å². The third-order valence-electron chi connectivity index (χ3n) is 6.02. The Balaban J connectivity index is 1.38. The molecule has 0 saturated carbocycles. The number of piperidine rings is 1. The summed E-state index contributed by atoms with van der Waals surface area (Å²) in [5, 5.41) is 3.14. The summed E-state index contributed by atoms with van der Waals surface area (Å²) in [6.45, 7) is 5.11. The molecule has 1 spiro atoms. The summed E-state index contributed by atoms with van der Waals surface area (Å²) in [5.41, 5.74) is 1.10. The van der Waals surface area contributed by atoms with Crippen LogP contribution < -0.4 is 5.32 Å². The van der Waals surface area contributed by atoms with Crippen LogP contribution in [0.15, 0.2) is 30.3 Å². The molecule has 0 aliphatic carbocycles. The minimum Gasteiger partial charge on any atom is -0.381 e. The number of carbonyl (C=O) groups excluding carboxylic acids is 1. The van der Waals surface area contributed by atoms with E-state index in [1.54, 1.807) is 0 Å². The van der Waals surface area contributed by atoms with Crippen LogP contribution >= 0.6 is 0 Å². The summed E-state index contributed by atoms with van der Waals surface area (Å²) in [4.78, 5) is 14.9. The molecule has 4 nitrogen and oxygen atoms in total. The molecule has 124 valence electrons. The van der Waals surface area contributed by atoms with Gasteiger partial charge in [0.15, 0.2) is 0 Å². The number of ether oxygens (including phenoxy) is 1. The topological polar surface area (TPSA) is 41.6 Å². The SMILES string of the molecule is O=C1N[C@H](c2ccccc2)C12CCN(CC1CCOCC1)CC2. The zero-order valence-electron chi connectivity index (χ0n) is 13.7. The van der Waals surface area contributed by atoms with Gasteiger partial charge in [-0.15, -0.1) is 0 Å². The van der Waals surface area contributed by atoms with Crippen LogP contribution in [0, 0.1) is 11.3 Å². The maximum atomic E-state index is 12.3. The molecule has 1 aromatic carbocycles. The number of hydrogen-bond acceptors (Lipinski definition) is 3.